The Labute approximate surface area is 577 Å². The van der Waals surface area contributed by atoms with Gasteiger partial charge in [-0.25, -0.2) is 34.4 Å². The third kappa shape index (κ3) is 37.4. The van der Waals surface area contributed by atoms with Crippen molar-refractivity contribution in [2.75, 3.05) is 31.2 Å². The van der Waals surface area contributed by atoms with E-state index in [0.717, 1.165) is 51.0 Å². The van der Waals surface area contributed by atoms with Gasteiger partial charge < -0.3 is 50.8 Å². The second-order valence-corrected chi connectivity index (χ2v) is 34.0. The summed E-state index contributed by atoms with van der Waals surface area (Å²) in [5.74, 6) is -4.15. The Hall–Kier alpha value is -7.07. The number of thioether (sulfide) groups is 2. The van der Waals surface area contributed by atoms with E-state index < -0.39 is 110 Å². The van der Waals surface area contributed by atoms with Gasteiger partial charge in [0, 0.05) is 44.9 Å². The molecule has 0 aliphatic carbocycles. The number of alkyl carbamates (subject to hydrolysis) is 1. The van der Waals surface area contributed by atoms with Gasteiger partial charge in [-0.2, -0.15) is 0 Å². The zero-order valence-electron chi connectivity index (χ0n) is 59.0. The molecular weight excluding hydrogens is 1290 g/mol. The van der Waals surface area contributed by atoms with Gasteiger partial charge in [0.25, 0.3) is 23.6 Å². The molecule has 3 rings (SSSR count). The Morgan fingerprint density at radius 2 is 1.45 bits per heavy atom. The highest BCUT2D eigenvalue weighted by molar-refractivity contribution is 8.13. The van der Waals surface area contributed by atoms with Crippen LogP contribution in [0.1, 0.15) is 179 Å². The van der Waals surface area contributed by atoms with Crippen molar-refractivity contribution in [3.05, 3.63) is 47.9 Å². The van der Waals surface area contributed by atoms with Crippen LogP contribution in [0, 0.1) is 11.8 Å². The quantitative estimate of drug-likeness (QED) is 0.00859. The van der Waals surface area contributed by atoms with Crippen LogP contribution >= 0.6 is 23.5 Å². The summed E-state index contributed by atoms with van der Waals surface area (Å²) in [7, 11) is -1.44. The van der Waals surface area contributed by atoms with Crippen LogP contribution in [0.4, 0.5) is 4.79 Å². The molecule has 0 aromatic rings. The molecule has 6 amide bonds. The van der Waals surface area contributed by atoms with Gasteiger partial charge in [-0.1, -0.05) is 160 Å². The summed E-state index contributed by atoms with van der Waals surface area (Å²) in [4.78, 5) is 157. The number of ether oxygens (including phenoxy) is 4. The molecule has 0 radical (unpaired) electrons. The van der Waals surface area contributed by atoms with Crippen LogP contribution in [0.3, 0.4) is 0 Å². The van der Waals surface area contributed by atoms with Gasteiger partial charge in [-0.3, -0.25) is 38.4 Å². The van der Waals surface area contributed by atoms with E-state index >= 15 is 0 Å². The first-order valence-electron chi connectivity index (χ1n) is 33.6. The molecule has 0 aromatic carbocycles. The zero-order valence-corrected chi connectivity index (χ0v) is 61.7. The fraction of sp³-hybridized carbons (Fsp3) is 0.662. The minimum Gasteiger partial charge on any atom is -0.466 e. The average Bonchev–Trinajstić information content (AvgIpc) is 1.52. The Balaban J connectivity index is 0.000000681. The standard InChI is InChI=1S/C39H65N5O9SSi.C29H43N5O6S/c1-11-13-14-15-16-20-33(46)54-22-18-17-19-28(24-32(45)51-21-23-55(8,9)10)52-37(49)34(27(3)4)44-35(47)29(12-2)43-36(48)30-25-40-31(42-30)26-41-38(50)53-39(5,6)7;1-5-7-8-9-10-14-25(36)41-15-12-11-13-20-16-24(35)31-18-23-30-17-22(32-23)28(38)33-21(6-2)27(37)34-26(19(3)4)29(39)40-20/h12,17,19,25,27-28,30,34H,11,13-16,18,20-24,26H2,1-10H3,(H,41,50)(H,43,48)(H,44,47);6,11,13,17,19-20,22,26H,5,7-10,12,14-16,18H2,1-4H3,(H,31,35)(H,33,38)(H,34,37)/b19-17+,29-12-;13-11+,21-6-/t28-,30?,34+;20-,22?,26+/m11/s1. The smallest absolute Gasteiger partial charge is 0.408 e. The average molecular weight is 1400 g/mol. The number of nitrogens with one attached hydrogen (secondary N) is 6. The molecule has 0 fully saturated rings. The highest BCUT2D eigenvalue weighted by atomic mass is 32.2. The minimum absolute atomic E-state index is 0.00767. The molecule has 25 nitrogen and oxygen atoms in total. The topological polar surface area (TPSA) is 346 Å². The van der Waals surface area contributed by atoms with Crippen LogP contribution in [-0.4, -0.2) is 169 Å². The summed E-state index contributed by atoms with van der Waals surface area (Å²) in [6.45, 7) is 26.3. The van der Waals surface area contributed by atoms with E-state index in [4.69, 9.17) is 18.9 Å². The monoisotopic (exact) mass is 1400 g/mol. The van der Waals surface area contributed by atoms with Gasteiger partial charge in [0.05, 0.1) is 32.5 Å². The third-order valence-electron chi connectivity index (χ3n) is 14.2. The van der Waals surface area contributed by atoms with Gasteiger partial charge in [0.2, 0.25) is 5.91 Å². The first kappa shape index (κ1) is 85.0. The number of allylic oxidation sites excluding steroid dienone is 4. The Morgan fingerprint density at radius 1 is 0.823 bits per heavy atom. The van der Waals surface area contributed by atoms with Crippen molar-refractivity contribution in [2.24, 2.45) is 31.8 Å². The van der Waals surface area contributed by atoms with Crippen LogP contribution in [0.2, 0.25) is 25.7 Å². The Kier molecular flexibility index (Phi) is 40.9. The van der Waals surface area contributed by atoms with Crippen LogP contribution in [0.15, 0.2) is 67.8 Å². The number of nitrogens with zero attached hydrogens (tertiary/aromatic N) is 4. The second kappa shape index (κ2) is 46.2. The maximum Gasteiger partial charge on any atom is 0.408 e. The molecule has 0 aromatic heterocycles. The molecule has 3 aliphatic rings. The summed E-state index contributed by atoms with van der Waals surface area (Å²) in [5.41, 5.74) is -0.838. The second-order valence-electron chi connectivity index (χ2n) is 26.0. The number of hydrogen-bond acceptors (Lipinski definition) is 21. The Bertz CT molecular complexity index is 2860. The van der Waals surface area contributed by atoms with E-state index in [2.05, 4.69) is 85.4 Å². The molecule has 6 atom stereocenters. The SMILES string of the molecule is C/C=C(\NC(=O)C1C=NC(CNC(=O)OC(C)(C)C)=N1)C(=O)N[C@H](C(=O)O[C@H](/C=C/CCSC(=O)CCCCCCC)CC(=O)OCC[Si](C)(C)C)C(C)C.C/C=C1\NC(=O)C2C=NC(=N2)CNC(=O)C[C@@H](/C=C/CCSC(=O)CCCCCCC)OC(=O)[C@H](C(C)C)NC1=O. The molecule has 2 bridgehead atoms. The molecule has 3 heterocycles. The molecule has 96 heavy (non-hydrogen) atoms. The van der Waals surface area contributed by atoms with E-state index in [9.17, 15) is 52.7 Å². The number of rotatable bonds is 35. The highest BCUT2D eigenvalue weighted by Gasteiger charge is 2.33. The molecule has 28 heteroatoms. The van der Waals surface area contributed by atoms with Crippen LogP contribution in [0.25, 0.3) is 0 Å². The number of unbranched alkanes of at least 4 members (excludes halogenated alkanes) is 8. The van der Waals surface area contributed by atoms with Crippen molar-refractivity contribution in [1.82, 2.24) is 31.9 Å². The number of fused-ring (bicyclic) bond motifs is 1. The maximum atomic E-state index is 13.5. The highest BCUT2D eigenvalue weighted by Crippen LogP contribution is 2.19. The van der Waals surface area contributed by atoms with Gasteiger partial charge >= 0.3 is 24.0 Å². The van der Waals surface area contributed by atoms with Gasteiger partial charge in [0.1, 0.15) is 53.0 Å². The van der Waals surface area contributed by atoms with Crippen LogP contribution in [-0.2, 0) is 66.9 Å². The molecular formula is C68H108N10O15S2Si. The fourth-order valence-corrected chi connectivity index (χ4v) is 11.0. The number of amidine groups is 2. The summed E-state index contributed by atoms with van der Waals surface area (Å²) >= 11 is 2.55. The summed E-state index contributed by atoms with van der Waals surface area (Å²) < 4.78 is 22.1. The van der Waals surface area contributed by atoms with E-state index in [1.807, 2.05) is 0 Å². The van der Waals surface area contributed by atoms with Crippen molar-refractivity contribution in [3.63, 3.8) is 0 Å². The lowest BCUT2D eigenvalue weighted by Gasteiger charge is -2.24. The predicted octanol–water partition coefficient (Wildman–Crippen LogP) is 9.27. The molecule has 0 spiro atoms. The van der Waals surface area contributed by atoms with Crippen molar-refractivity contribution in [1.29, 1.82) is 0 Å². The normalized spacial score (nSPS) is 19.0. The molecule has 0 saturated carbocycles. The third-order valence-corrected chi connectivity index (χ3v) is 17.9. The summed E-state index contributed by atoms with van der Waals surface area (Å²) in [6, 6.07) is -3.34. The lowest BCUT2D eigenvalue weighted by molar-refractivity contribution is -0.156. The lowest BCUT2D eigenvalue weighted by atomic mass is 10.0. The van der Waals surface area contributed by atoms with Crippen molar-refractivity contribution in [2.45, 2.75) is 247 Å². The molecule has 536 valence electrons. The Morgan fingerprint density at radius 3 is 2.02 bits per heavy atom. The van der Waals surface area contributed by atoms with Gasteiger partial charge in [-0.05, 0) is 90.3 Å². The largest absolute Gasteiger partial charge is 0.466 e. The maximum absolute atomic E-state index is 13.5. The van der Waals surface area contributed by atoms with Crippen molar-refractivity contribution >= 4 is 119 Å². The summed E-state index contributed by atoms with van der Waals surface area (Å²) in [6.07, 6.45) is 22.4. The van der Waals surface area contributed by atoms with Crippen LogP contribution in [0.5, 0.6) is 0 Å². The minimum atomic E-state index is -1.44. The van der Waals surface area contributed by atoms with Gasteiger partial charge in [0.15, 0.2) is 22.3 Å². The van der Waals surface area contributed by atoms with E-state index in [1.165, 1.54) is 67.4 Å². The molecule has 2 unspecified atom stereocenters. The summed E-state index contributed by atoms with van der Waals surface area (Å²) in [5, 5.41) is 15.8. The predicted molar refractivity (Wildman–Crippen MR) is 381 cm³/mol. The van der Waals surface area contributed by atoms with E-state index in [1.54, 1.807) is 86.6 Å². The van der Waals surface area contributed by atoms with E-state index in [-0.39, 0.29) is 71.8 Å². The molecule has 3 aliphatic heterocycles. The first-order chi connectivity index (χ1) is 45.4. The number of aliphatic imine (C=N–C) groups is 4. The number of cyclic esters (lactones) is 1. The fourth-order valence-electron chi connectivity index (χ4n) is 8.77. The van der Waals surface area contributed by atoms with Crippen molar-refractivity contribution in [3.8, 4) is 0 Å². The zero-order chi connectivity index (χ0) is 71.8. The van der Waals surface area contributed by atoms with Gasteiger partial charge in [-0.15, -0.1) is 0 Å². The number of esters is 3. The lowest BCUT2D eigenvalue weighted by Crippen LogP contribution is -2.49. The molecule has 0 saturated heterocycles. The molecule has 6 N–H and O–H groups in total. The number of amides is 6. The van der Waals surface area contributed by atoms with Crippen molar-refractivity contribution < 1.29 is 71.7 Å². The number of hydrogen-bond donors (Lipinski definition) is 6. The first-order valence-corrected chi connectivity index (χ1v) is 39.3. The number of carbonyl (C=O) groups excluding carboxylic acids is 11. The van der Waals surface area contributed by atoms with E-state index in [0.29, 0.717) is 37.2 Å². The van der Waals surface area contributed by atoms with Crippen LogP contribution < -0.4 is 31.9 Å². The number of carbonyl (C=O) groups is 11.